The van der Waals surface area contributed by atoms with E-state index >= 15 is 0 Å². The number of carbonyl (C=O) groups excluding carboxylic acids is 1. The van der Waals surface area contributed by atoms with Gasteiger partial charge in [-0.2, -0.15) is 9.61 Å². The van der Waals surface area contributed by atoms with Crippen LogP contribution in [0.25, 0.3) is 11.5 Å². The minimum absolute atomic E-state index is 0.209. The van der Waals surface area contributed by atoms with Crippen LogP contribution < -0.4 is 26.2 Å². The first-order valence-electron chi connectivity index (χ1n) is 10.9. The number of ether oxygens (including phenoxy) is 1. The van der Waals surface area contributed by atoms with Crippen molar-refractivity contribution in [2.24, 2.45) is 0 Å². The maximum atomic E-state index is 13.1. The first-order valence-corrected chi connectivity index (χ1v) is 10.9. The van der Waals surface area contributed by atoms with Gasteiger partial charge in [0.05, 0.1) is 12.8 Å². The number of hydrogen-bond donors (Lipinski definition) is 3. The van der Waals surface area contributed by atoms with Crippen LogP contribution in [0.3, 0.4) is 0 Å². The Morgan fingerprint density at radius 3 is 2.79 bits per heavy atom. The minimum Gasteiger partial charge on any atom is -0.477 e. The molecule has 0 bridgehead atoms. The van der Waals surface area contributed by atoms with Crippen LogP contribution in [0.2, 0.25) is 0 Å². The minimum atomic E-state index is -0.339. The van der Waals surface area contributed by atoms with E-state index in [1.165, 1.54) is 10.8 Å². The molecule has 34 heavy (non-hydrogen) atoms. The molecule has 12 nitrogen and oxygen atoms in total. The molecule has 1 fully saturated rings. The number of nitrogens with zero attached hydrogens (tertiary/aromatic N) is 6. The summed E-state index contributed by atoms with van der Waals surface area (Å²) in [7, 11) is 1.74. The predicted octanol–water partition coefficient (Wildman–Crippen LogP) is 1.75. The van der Waals surface area contributed by atoms with Crippen molar-refractivity contribution in [1.29, 1.82) is 0 Å². The van der Waals surface area contributed by atoms with Crippen molar-refractivity contribution in [3.05, 3.63) is 58.6 Å². The molecule has 0 atom stereocenters. The maximum absolute atomic E-state index is 13.1. The molecule has 0 aliphatic heterocycles. The van der Waals surface area contributed by atoms with E-state index < -0.39 is 0 Å². The van der Waals surface area contributed by atoms with Gasteiger partial charge in [-0.3, -0.25) is 14.2 Å². The van der Waals surface area contributed by atoms with Gasteiger partial charge in [0.1, 0.15) is 22.9 Å². The van der Waals surface area contributed by atoms with Gasteiger partial charge in [0.2, 0.25) is 5.88 Å². The molecule has 1 aliphatic carbocycles. The number of hydrogen-bond acceptors (Lipinski definition) is 9. The fraction of sp³-hybridized carbons (Fsp3) is 0.273. The largest absolute Gasteiger partial charge is 0.477 e. The van der Waals surface area contributed by atoms with E-state index in [4.69, 9.17) is 4.74 Å². The Labute approximate surface area is 194 Å². The third-order valence-corrected chi connectivity index (χ3v) is 5.26. The quantitative estimate of drug-likeness (QED) is 0.358. The van der Waals surface area contributed by atoms with Crippen LogP contribution in [-0.2, 0) is 0 Å². The second-order valence-corrected chi connectivity index (χ2v) is 7.70. The maximum Gasteiger partial charge on any atom is 0.280 e. The van der Waals surface area contributed by atoms with Crippen LogP contribution in [0.4, 0.5) is 17.3 Å². The molecule has 1 amide bonds. The highest BCUT2D eigenvalue weighted by atomic mass is 16.5. The van der Waals surface area contributed by atoms with Crippen LogP contribution in [0, 0.1) is 0 Å². The molecule has 4 aromatic heterocycles. The highest BCUT2D eigenvalue weighted by Crippen LogP contribution is 2.23. The Bertz CT molecular complexity index is 1410. The molecular weight excluding hydrogens is 438 g/mol. The molecule has 0 saturated heterocycles. The molecule has 1 aliphatic rings. The van der Waals surface area contributed by atoms with Crippen molar-refractivity contribution in [2.75, 3.05) is 24.3 Å². The molecule has 0 aromatic carbocycles. The smallest absolute Gasteiger partial charge is 0.280 e. The molecule has 4 heterocycles. The first-order chi connectivity index (χ1) is 16.6. The summed E-state index contributed by atoms with van der Waals surface area (Å²) in [5.74, 6) is 1.50. The molecule has 174 valence electrons. The normalized spacial score (nSPS) is 13.0. The van der Waals surface area contributed by atoms with Crippen molar-refractivity contribution < 1.29 is 9.53 Å². The third-order valence-electron chi connectivity index (χ3n) is 5.26. The molecular formula is C22H23N9O3. The lowest BCUT2D eigenvalue weighted by Gasteiger charge is -2.11. The summed E-state index contributed by atoms with van der Waals surface area (Å²) in [4.78, 5) is 30.3. The lowest BCUT2D eigenvalue weighted by Crippen LogP contribution is -2.25. The standard InChI is InChI=1S/C22H23N9O3/c1-3-34-19-9-8-17(28-29-19)30-10-4-5-15(22(30)33)26-16-11-18(23-2)31-20(27-16)14(12-24-31)21(32)25-13-6-7-13/h4-5,8-13,23H,3,6-7H2,1-2H3,(H,25,32)(H,26,27). The molecule has 1 saturated carbocycles. The average Bonchev–Trinajstić information content (AvgIpc) is 3.55. The molecule has 12 heteroatoms. The van der Waals surface area contributed by atoms with Crippen LogP contribution in [0.1, 0.15) is 30.1 Å². The van der Waals surface area contributed by atoms with Gasteiger partial charge in [-0.1, -0.05) is 0 Å². The Kier molecular flexibility index (Phi) is 5.54. The average molecular weight is 461 g/mol. The fourth-order valence-corrected chi connectivity index (χ4v) is 3.43. The monoisotopic (exact) mass is 461 g/mol. The summed E-state index contributed by atoms with van der Waals surface area (Å²) in [6.45, 7) is 2.33. The van der Waals surface area contributed by atoms with Crippen LogP contribution >= 0.6 is 0 Å². The van der Waals surface area contributed by atoms with Gasteiger partial charge < -0.3 is 20.7 Å². The van der Waals surface area contributed by atoms with E-state index in [0.29, 0.717) is 41.2 Å². The summed E-state index contributed by atoms with van der Waals surface area (Å²) in [5.41, 5.74) is 0.678. The van der Waals surface area contributed by atoms with Gasteiger partial charge in [-0.25, -0.2) is 4.98 Å². The summed E-state index contributed by atoms with van der Waals surface area (Å²) in [6, 6.07) is 8.58. The van der Waals surface area contributed by atoms with Crippen LogP contribution in [-0.4, -0.2) is 55.0 Å². The number of rotatable bonds is 8. The van der Waals surface area contributed by atoms with Crippen LogP contribution in [0.5, 0.6) is 5.88 Å². The Morgan fingerprint density at radius 2 is 2.09 bits per heavy atom. The van der Waals surface area contributed by atoms with E-state index in [-0.39, 0.29) is 23.2 Å². The van der Waals surface area contributed by atoms with Crippen LogP contribution in [0.15, 0.2) is 47.5 Å². The van der Waals surface area contributed by atoms with Gasteiger partial charge >= 0.3 is 0 Å². The van der Waals surface area contributed by atoms with Crippen molar-refractivity contribution in [1.82, 2.24) is 34.7 Å². The molecule has 0 radical (unpaired) electrons. The van der Waals surface area contributed by atoms with Crippen molar-refractivity contribution >= 4 is 28.9 Å². The Morgan fingerprint density at radius 1 is 1.24 bits per heavy atom. The highest BCUT2D eigenvalue weighted by molar-refractivity contribution is 6.00. The van der Waals surface area contributed by atoms with Crippen molar-refractivity contribution in [2.45, 2.75) is 25.8 Å². The summed E-state index contributed by atoms with van der Waals surface area (Å²) in [6.07, 6.45) is 5.05. The fourth-order valence-electron chi connectivity index (χ4n) is 3.43. The van der Waals surface area contributed by atoms with E-state index in [9.17, 15) is 9.59 Å². The third kappa shape index (κ3) is 4.12. The van der Waals surface area contributed by atoms with Crippen molar-refractivity contribution in [3.63, 3.8) is 0 Å². The van der Waals surface area contributed by atoms with E-state index in [1.807, 2.05) is 6.92 Å². The first kappa shape index (κ1) is 21.4. The topological polar surface area (TPSA) is 140 Å². The predicted molar refractivity (Wildman–Crippen MR) is 125 cm³/mol. The van der Waals surface area contributed by atoms with Gasteiger partial charge in [0, 0.05) is 31.4 Å². The zero-order valence-corrected chi connectivity index (χ0v) is 18.6. The second-order valence-electron chi connectivity index (χ2n) is 7.70. The number of pyridine rings is 1. The molecule has 0 unspecified atom stereocenters. The summed E-state index contributed by atoms with van der Waals surface area (Å²) < 4.78 is 8.23. The summed E-state index contributed by atoms with van der Waals surface area (Å²) >= 11 is 0. The molecule has 3 N–H and O–H groups in total. The van der Waals surface area contributed by atoms with E-state index in [0.717, 1.165) is 12.8 Å². The zero-order chi connectivity index (χ0) is 23.7. The number of nitrogens with one attached hydrogen (secondary N) is 3. The molecule has 4 aromatic rings. The lowest BCUT2D eigenvalue weighted by atomic mass is 10.3. The van der Waals surface area contributed by atoms with E-state index in [2.05, 4.69) is 36.2 Å². The van der Waals surface area contributed by atoms with Crippen molar-refractivity contribution in [3.8, 4) is 11.7 Å². The second kappa shape index (κ2) is 8.81. The van der Waals surface area contributed by atoms with Gasteiger partial charge in [-0.05, 0) is 38.0 Å². The SMILES string of the molecule is CCOc1ccc(-n2cccc(Nc3cc(NC)n4ncc(C(=O)NC5CC5)c4n3)c2=O)nn1. The zero-order valence-electron chi connectivity index (χ0n) is 18.6. The van der Waals surface area contributed by atoms with Gasteiger partial charge in [-0.15, -0.1) is 10.2 Å². The lowest BCUT2D eigenvalue weighted by molar-refractivity contribution is 0.0952. The number of amides is 1. The highest BCUT2D eigenvalue weighted by Gasteiger charge is 2.26. The summed E-state index contributed by atoms with van der Waals surface area (Å²) in [5, 5.41) is 21.4. The Hall–Kier alpha value is -4.48. The molecule has 0 spiro atoms. The van der Waals surface area contributed by atoms with E-state index in [1.54, 1.807) is 48.1 Å². The van der Waals surface area contributed by atoms with Gasteiger partial charge in [0.15, 0.2) is 11.5 Å². The molecule has 5 rings (SSSR count). The number of aromatic nitrogens is 6. The number of fused-ring (bicyclic) bond motifs is 1. The van der Waals surface area contributed by atoms with Gasteiger partial charge in [0.25, 0.3) is 11.5 Å². The Balaban J connectivity index is 1.48. The number of carbonyl (C=O) groups is 1. The number of anilines is 3.